The minimum Gasteiger partial charge on any atom is -0.311 e. The first-order chi connectivity index (χ1) is 7.81. The third kappa shape index (κ3) is 2.59. The quantitative estimate of drug-likeness (QED) is 0.849. The predicted octanol–water partition coefficient (Wildman–Crippen LogP) is 2.63. The van der Waals surface area contributed by atoms with E-state index in [4.69, 9.17) is 0 Å². The lowest BCUT2D eigenvalue weighted by Gasteiger charge is -2.29. The van der Waals surface area contributed by atoms with Crippen LogP contribution in [0, 0.1) is 12.8 Å². The van der Waals surface area contributed by atoms with Gasteiger partial charge < -0.3 is 5.32 Å². The lowest BCUT2D eigenvalue weighted by Crippen LogP contribution is -2.27. The fourth-order valence-electron chi connectivity index (χ4n) is 2.66. The Balaban J connectivity index is 2.11. The number of nitrogens with one attached hydrogen (secondary N) is 1. The van der Waals surface area contributed by atoms with Crippen LogP contribution < -0.4 is 5.32 Å². The molecule has 1 aliphatic carbocycles. The van der Waals surface area contributed by atoms with E-state index in [-0.39, 0.29) is 0 Å². The average Bonchev–Trinajstić information content (AvgIpc) is 2.34. The van der Waals surface area contributed by atoms with Crippen LogP contribution in [0.1, 0.15) is 49.5 Å². The molecule has 2 rings (SSSR count). The Bertz CT molecular complexity index is 314. The molecule has 0 spiro atoms. The summed E-state index contributed by atoms with van der Waals surface area (Å²) in [6, 6.07) is 0.383. The Hall–Kier alpha value is -0.960. The van der Waals surface area contributed by atoms with Gasteiger partial charge >= 0.3 is 0 Å². The summed E-state index contributed by atoms with van der Waals surface area (Å²) in [4.78, 5) is 8.84. The fourth-order valence-corrected chi connectivity index (χ4v) is 2.66. The highest BCUT2D eigenvalue weighted by molar-refractivity contribution is 5.07. The van der Waals surface area contributed by atoms with Gasteiger partial charge in [-0.25, -0.2) is 0 Å². The summed E-state index contributed by atoms with van der Waals surface area (Å²) in [5.41, 5.74) is 2.09. The molecule has 0 bridgehead atoms. The molecule has 3 nitrogen and oxygen atoms in total. The summed E-state index contributed by atoms with van der Waals surface area (Å²) in [6.07, 6.45) is 10.5. The molecule has 1 aromatic heterocycles. The maximum Gasteiger partial charge on any atom is 0.0759 e. The first-order valence-corrected chi connectivity index (χ1v) is 6.27. The zero-order valence-electron chi connectivity index (χ0n) is 10.2. The van der Waals surface area contributed by atoms with Crippen LogP contribution in [-0.2, 0) is 0 Å². The Morgan fingerprint density at radius 2 is 1.94 bits per heavy atom. The number of hydrogen-bond donors (Lipinski definition) is 1. The van der Waals surface area contributed by atoms with Crippen molar-refractivity contribution in [3.05, 3.63) is 23.8 Å². The summed E-state index contributed by atoms with van der Waals surface area (Å²) in [5.74, 6) is 0.732. The first-order valence-electron chi connectivity index (χ1n) is 6.27. The van der Waals surface area contributed by atoms with E-state index in [0.717, 1.165) is 17.3 Å². The highest BCUT2D eigenvalue weighted by atomic mass is 14.9. The molecule has 1 fully saturated rings. The summed E-state index contributed by atoms with van der Waals surface area (Å²) in [6.45, 7) is 1.98. The molecule has 1 aliphatic rings. The van der Waals surface area contributed by atoms with Crippen molar-refractivity contribution in [2.24, 2.45) is 5.92 Å². The molecular weight excluding hydrogens is 198 g/mol. The van der Waals surface area contributed by atoms with Gasteiger partial charge in [0, 0.05) is 6.20 Å². The van der Waals surface area contributed by atoms with Crippen LogP contribution in [0.15, 0.2) is 12.4 Å². The molecule has 88 valence electrons. The molecule has 0 amide bonds. The molecule has 16 heavy (non-hydrogen) atoms. The van der Waals surface area contributed by atoms with Gasteiger partial charge in [0.05, 0.1) is 23.6 Å². The minimum absolute atomic E-state index is 0.383. The first kappa shape index (κ1) is 11.5. The van der Waals surface area contributed by atoms with Crippen LogP contribution in [-0.4, -0.2) is 17.0 Å². The highest BCUT2D eigenvalue weighted by Crippen LogP contribution is 2.33. The Labute approximate surface area is 97.7 Å². The van der Waals surface area contributed by atoms with Crippen LogP contribution in [0.2, 0.25) is 0 Å². The van der Waals surface area contributed by atoms with Crippen LogP contribution in [0.25, 0.3) is 0 Å². The van der Waals surface area contributed by atoms with E-state index in [0.29, 0.717) is 6.04 Å². The van der Waals surface area contributed by atoms with Gasteiger partial charge in [-0.1, -0.05) is 19.3 Å². The summed E-state index contributed by atoms with van der Waals surface area (Å²) in [5, 5.41) is 3.41. The number of aromatic nitrogens is 2. The lowest BCUT2D eigenvalue weighted by atomic mass is 9.83. The minimum atomic E-state index is 0.383. The molecule has 3 heteroatoms. The van der Waals surface area contributed by atoms with Crippen LogP contribution in [0.5, 0.6) is 0 Å². The molecule has 0 aromatic carbocycles. The van der Waals surface area contributed by atoms with E-state index < -0.39 is 0 Å². The van der Waals surface area contributed by atoms with E-state index in [1.54, 1.807) is 0 Å². The van der Waals surface area contributed by atoms with Crippen molar-refractivity contribution in [3.63, 3.8) is 0 Å². The molecule has 1 atom stereocenters. The monoisotopic (exact) mass is 219 g/mol. The molecule has 0 saturated heterocycles. The summed E-state index contributed by atoms with van der Waals surface area (Å²) in [7, 11) is 2.03. The zero-order chi connectivity index (χ0) is 11.4. The molecule has 1 aromatic rings. The summed E-state index contributed by atoms with van der Waals surface area (Å²) < 4.78 is 0. The van der Waals surface area contributed by atoms with Gasteiger partial charge in [-0.15, -0.1) is 0 Å². The van der Waals surface area contributed by atoms with E-state index in [9.17, 15) is 0 Å². The van der Waals surface area contributed by atoms with Crippen LogP contribution in [0.4, 0.5) is 0 Å². The number of aryl methyl sites for hydroxylation is 1. The van der Waals surface area contributed by atoms with Crippen molar-refractivity contribution < 1.29 is 0 Å². The van der Waals surface area contributed by atoms with Crippen molar-refractivity contribution >= 4 is 0 Å². The third-order valence-electron chi connectivity index (χ3n) is 3.55. The van der Waals surface area contributed by atoms with Crippen molar-refractivity contribution in [1.29, 1.82) is 0 Å². The maximum absolute atomic E-state index is 4.50. The Morgan fingerprint density at radius 1 is 1.19 bits per heavy atom. The predicted molar refractivity (Wildman–Crippen MR) is 65.1 cm³/mol. The van der Waals surface area contributed by atoms with E-state index in [1.807, 2.05) is 26.4 Å². The topological polar surface area (TPSA) is 37.8 Å². The Kier molecular flexibility index (Phi) is 3.88. The van der Waals surface area contributed by atoms with Crippen molar-refractivity contribution in [2.45, 2.75) is 45.1 Å². The smallest absolute Gasteiger partial charge is 0.0759 e. The SMILES string of the molecule is CNC(c1cnc(C)cn1)C1CCCCC1. The molecule has 0 aliphatic heterocycles. The van der Waals surface area contributed by atoms with E-state index >= 15 is 0 Å². The van der Waals surface area contributed by atoms with Crippen LogP contribution in [0.3, 0.4) is 0 Å². The molecule has 1 unspecified atom stereocenters. The molecular formula is C13H21N3. The molecule has 1 heterocycles. The number of rotatable bonds is 3. The Morgan fingerprint density at radius 3 is 2.50 bits per heavy atom. The summed E-state index contributed by atoms with van der Waals surface area (Å²) >= 11 is 0. The van der Waals surface area contributed by atoms with E-state index in [2.05, 4.69) is 15.3 Å². The fraction of sp³-hybridized carbons (Fsp3) is 0.692. The average molecular weight is 219 g/mol. The second-order valence-corrected chi connectivity index (χ2v) is 4.75. The van der Waals surface area contributed by atoms with Crippen molar-refractivity contribution in [1.82, 2.24) is 15.3 Å². The normalized spacial score (nSPS) is 19.6. The van der Waals surface area contributed by atoms with Gasteiger partial charge in [-0.2, -0.15) is 0 Å². The van der Waals surface area contributed by atoms with Crippen LogP contribution >= 0.6 is 0 Å². The van der Waals surface area contributed by atoms with Gasteiger partial charge in [0.25, 0.3) is 0 Å². The number of nitrogens with zero attached hydrogens (tertiary/aromatic N) is 2. The van der Waals surface area contributed by atoms with Gasteiger partial charge in [0.2, 0.25) is 0 Å². The van der Waals surface area contributed by atoms with Gasteiger partial charge in [-0.3, -0.25) is 9.97 Å². The standard InChI is InChI=1S/C13H21N3/c1-10-8-16-12(9-15-10)13(14-2)11-6-4-3-5-7-11/h8-9,11,13-14H,3-7H2,1-2H3. The van der Waals surface area contributed by atoms with E-state index in [1.165, 1.54) is 32.1 Å². The largest absolute Gasteiger partial charge is 0.311 e. The third-order valence-corrected chi connectivity index (χ3v) is 3.55. The molecule has 1 saturated carbocycles. The second kappa shape index (κ2) is 5.39. The molecule has 1 N–H and O–H groups in total. The highest BCUT2D eigenvalue weighted by Gasteiger charge is 2.24. The van der Waals surface area contributed by atoms with Gasteiger partial charge in [0.1, 0.15) is 0 Å². The molecule has 0 radical (unpaired) electrons. The van der Waals surface area contributed by atoms with Gasteiger partial charge in [0.15, 0.2) is 0 Å². The van der Waals surface area contributed by atoms with Crippen molar-refractivity contribution in [3.8, 4) is 0 Å². The lowest BCUT2D eigenvalue weighted by molar-refractivity contribution is 0.277. The second-order valence-electron chi connectivity index (χ2n) is 4.75. The zero-order valence-corrected chi connectivity index (χ0v) is 10.2. The number of hydrogen-bond acceptors (Lipinski definition) is 3. The van der Waals surface area contributed by atoms with Crippen molar-refractivity contribution in [2.75, 3.05) is 7.05 Å². The van der Waals surface area contributed by atoms with Gasteiger partial charge in [-0.05, 0) is 32.7 Å². The maximum atomic E-state index is 4.50.